The minimum atomic E-state index is -0.533. The molecule has 1 aliphatic heterocycles. The van der Waals surface area contributed by atoms with Crippen LogP contribution in [0, 0.1) is 29.6 Å². The van der Waals surface area contributed by atoms with Gasteiger partial charge in [0.1, 0.15) is 5.78 Å². The van der Waals surface area contributed by atoms with Gasteiger partial charge in [-0.3, -0.25) is 4.79 Å². The predicted molar refractivity (Wildman–Crippen MR) is 83.8 cm³/mol. The van der Waals surface area contributed by atoms with Crippen molar-refractivity contribution in [1.29, 1.82) is 0 Å². The highest BCUT2D eigenvalue weighted by Gasteiger charge is 2.46. The Morgan fingerprint density at radius 2 is 1.81 bits per heavy atom. The van der Waals surface area contributed by atoms with Crippen LogP contribution in [-0.4, -0.2) is 24.5 Å². The van der Waals surface area contributed by atoms with E-state index in [0.29, 0.717) is 35.3 Å². The van der Waals surface area contributed by atoms with E-state index in [0.717, 1.165) is 25.9 Å². The fraction of sp³-hybridized carbons (Fsp3) is 0.941. The number of fused-ring (bicyclic) bond motifs is 1. The summed E-state index contributed by atoms with van der Waals surface area (Å²) in [5.74, 6) is 3.27. The van der Waals surface area contributed by atoms with Crippen LogP contribution in [0.4, 0.5) is 0 Å². The molecule has 1 heterocycles. The highest BCUT2D eigenvalue weighted by Crippen LogP contribution is 2.49. The summed E-state index contributed by atoms with van der Waals surface area (Å²) in [6.07, 6.45) is 8.25. The molecule has 0 aromatic rings. The third-order valence-corrected chi connectivity index (χ3v) is 6.29. The number of Topliss-reactive ketones (excluding diaryl/α,β-unsaturated/α-hetero) is 1. The van der Waals surface area contributed by atoms with Gasteiger partial charge in [-0.15, -0.1) is 0 Å². The van der Waals surface area contributed by atoms with E-state index in [4.69, 9.17) is 4.65 Å². The van der Waals surface area contributed by atoms with Crippen LogP contribution in [0.5, 0.6) is 0 Å². The van der Waals surface area contributed by atoms with Gasteiger partial charge in [0, 0.05) is 18.4 Å². The van der Waals surface area contributed by atoms with E-state index < -0.39 is 7.12 Å². The first kappa shape index (κ1) is 15.5. The fourth-order valence-corrected chi connectivity index (χ4v) is 5.02. The number of rotatable bonds is 3. The van der Waals surface area contributed by atoms with Crippen molar-refractivity contribution >= 4 is 12.9 Å². The van der Waals surface area contributed by atoms with Crippen molar-refractivity contribution in [3.8, 4) is 0 Å². The molecule has 5 unspecified atom stereocenters. The van der Waals surface area contributed by atoms with Crippen LogP contribution < -0.4 is 0 Å². The van der Waals surface area contributed by atoms with Gasteiger partial charge in [0.15, 0.2) is 0 Å². The Morgan fingerprint density at radius 1 is 1.10 bits per heavy atom. The molecule has 0 aromatic carbocycles. The van der Waals surface area contributed by atoms with E-state index >= 15 is 0 Å². The van der Waals surface area contributed by atoms with Gasteiger partial charge >= 0.3 is 7.12 Å². The second-order valence-electron chi connectivity index (χ2n) is 7.90. The zero-order chi connectivity index (χ0) is 15.0. The SMILES string of the molecule is CC(C)C(=O)C1CCCC(C2CCC3COB(O)C3C2)C1. The van der Waals surface area contributed by atoms with E-state index in [1.54, 1.807) is 0 Å². The number of hydrogen-bond acceptors (Lipinski definition) is 3. The summed E-state index contributed by atoms with van der Waals surface area (Å²) in [5, 5.41) is 9.98. The summed E-state index contributed by atoms with van der Waals surface area (Å²) in [6, 6.07) is 0. The van der Waals surface area contributed by atoms with E-state index in [1.165, 1.54) is 25.7 Å². The maximum Gasteiger partial charge on any atom is 0.457 e. The lowest BCUT2D eigenvalue weighted by atomic mass is 9.57. The lowest BCUT2D eigenvalue weighted by molar-refractivity contribution is -0.127. The Morgan fingerprint density at radius 3 is 2.57 bits per heavy atom. The molecule has 3 nitrogen and oxygen atoms in total. The standard InChI is InChI=1S/C17H29BO3/c1-11(2)17(19)14-5-3-4-12(8-14)13-6-7-15-10-21-18(20)16(15)9-13/h11-16,20H,3-10H2,1-2H3. The quantitative estimate of drug-likeness (QED) is 0.812. The van der Waals surface area contributed by atoms with Crippen LogP contribution in [0.3, 0.4) is 0 Å². The van der Waals surface area contributed by atoms with Gasteiger partial charge in [0.25, 0.3) is 0 Å². The Balaban J connectivity index is 1.60. The zero-order valence-corrected chi connectivity index (χ0v) is 13.5. The first-order valence-corrected chi connectivity index (χ1v) is 8.89. The normalized spacial score (nSPS) is 40.4. The molecule has 1 saturated heterocycles. The third-order valence-electron chi connectivity index (χ3n) is 6.29. The van der Waals surface area contributed by atoms with Crippen molar-refractivity contribution in [1.82, 2.24) is 0 Å². The molecule has 0 bridgehead atoms. The molecular weight excluding hydrogens is 263 g/mol. The topological polar surface area (TPSA) is 46.5 Å². The van der Waals surface area contributed by atoms with Crippen LogP contribution >= 0.6 is 0 Å². The average Bonchev–Trinajstić information content (AvgIpc) is 2.87. The summed E-state index contributed by atoms with van der Waals surface area (Å²) in [6.45, 7) is 4.81. The molecule has 1 N–H and O–H groups in total. The van der Waals surface area contributed by atoms with Crippen LogP contribution in [0.25, 0.3) is 0 Å². The molecule has 0 radical (unpaired) electrons. The maximum atomic E-state index is 12.3. The molecule has 5 atom stereocenters. The Kier molecular flexibility index (Phi) is 4.75. The highest BCUT2D eigenvalue weighted by molar-refractivity contribution is 6.45. The van der Waals surface area contributed by atoms with Crippen LogP contribution in [0.1, 0.15) is 58.8 Å². The third kappa shape index (κ3) is 3.21. The molecule has 118 valence electrons. The molecule has 3 aliphatic rings. The van der Waals surface area contributed by atoms with Gasteiger partial charge < -0.3 is 9.68 Å². The minimum Gasteiger partial charge on any atom is -0.427 e. The van der Waals surface area contributed by atoms with Crippen LogP contribution in [0.15, 0.2) is 0 Å². The fourth-order valence-electron chi connectivity index (χ4n) is 5.02. The van der Waals surface area contributed by atoms with Crippen molar-refractivity contribution in [3.63, 3.8) is 0 Å². The first-order chi connectivity index (χ1) is 10.1. The van der Waals surface area contributed by atoms with E-state index in [1.807, 2.05) is 13.8 Å². The van der Waals surface area contributed by atoms with Gasteiger partial charge in [-0.05, 0) is 55.7 Å². The van der Waals surface area contributed by atoms with Crippen molar-refractivity contribution in [2.75, 3.05) is 6.61 Å². The molecule has 3 rings (SSSR count). The van der Waals surface area contributed by atoms with Crippen LogP contribution in [0.2, 0.25) is 5.82 Å². The second kappa shape index (κ2) is 6.41. The van der Waals surface area contributed by atoms with Crippen molar-refractivity contribution < 1.29 is 14.5 Å². The van der Waals surface area contributed by atoms with E-state index in [2.05, 4.69) is 0 Å². The molecule has 0 amide bonds. The second-order valence-corrected chi connectivity index (χ2v) is 7.90. The molecule has 4 heteroatoms. The Bertz CT molecular complexity index is 384. The van der Waals surface area contributed by atoms with Gasteiger partial charge in [-0.25, -0.2) is 0 Å². The first-order valence-electron chi connectivity index (χ1n) is 8.89. The average molecular weight is 292 g/mol. The molecule has 21 heavy (non-hydrogen) atoms. The van der Waals surface area contributed by atoms with Gasteiger partial charge in [-0.2, -0.15) is 0 Å². The highest BCUT2D eigenvalue weighted by atomic mass is 16.5. The summed E-state index contributed by atoms with van der Waals surface area (Å²) in [4.78, 5) is 12.3. The van der Waals surface area contributed by atoms with Gasteiger partial charge in [-0.1, -0.05) is 26.7 Å². The van der Waals surface area contributed by atoms with E-state index in [-0.39, 0.29) is 5.92 Å². The Hall–Kier alpha value is -0.345. The predicted octanol–water partition coefficient (Wildman–Crippen LogP) is 3.32. The number of hydrogen-bond donors (Lipinski definition) is 1. The Labute approximate surface area is 129 Å². The molecule has 2 aliphatic carbocycles. The van der Waals surface area contributed by atoms with Crippen molar-refractivity contribution in [3.05, 3.63) is 0 Å². The van der Waals surface area contributed by atoms with Gasteiger partial charge in [0.05, 0.1) is 0 Å². The van der Waals surface area contributed by atoms with E-state index in [9.17, 15) is 9.82 Å². The van der Waals surface area contributed by atoms with Gasteiger partial charge in [0.2, 0.25) is 0 Å². The lowest BCUT2D eigenvalue weighted by Gasteiger charge is -2.39. The zero-order valence-electron chi connectivity index (χ0n) is 13.5. The number of carbonyl (C=O) groups is 1. The number of carbonyl (C=O) groups excluding carboxylic acids is 1. The monoisotopic (exact) mass is 292 g/mol. The largest absolute Gasteiger partial charge is 0.457 e. The van der Waals surface area contributed by atoms with Crippen molar-refractivity contribution in [2.45, 2.75) is 64.6 Å². The summed E-state index contributed by atoms with van der Waals surface area (Å²) in [5.41, 5.74) is 0. The van der Waals surface area contributed by atoms with Crippen molar-refractivity contribution in [2.24, 2.45) is 29.6 Å². The lowest BCUT2D eigenvalue weighted by Crippen LogP contribution is -2.34. The molecule has 2 saturated carbocycles. The number of ketones is 1. The molecule has 3 fully saturated rings. The molecule has 0 aromatic heterocycles. The summed E-state index contributed by atoms with van der Waals surface area (Å²) < 4.78 is 5.43. The smallest absolute Gasteiger partial charge is 0.427 e. The summed E-state index contributed by atoms with van der Waals surface area (Å²) >= 11 is 0. The molecule has 0 spiro atoms. The maximum absolute atomic E-state index is 12.3. The van der Waals surface area contributed by atoms with Crippen LogP contribution in [-0.2, 0) is 9.45 Å². The molecular formula is C17H29BO3. The minimum absolute atomic E-state index is 0.176. The summed E-state index contributed by atoms with van der Waals surface area (Å²) in [7, 11) is -0.533.